The first-order chi connectivity index (χ1) is 11.8. The summed E-state index contributed by atoms with van der Waals surface area (Å²) in [5, 5.41) is 0. The Morgan fingerprint density at radius 1 is 0.960 bits per heavy atom. The van der Waals surface area contributed by atoms with Gasteiger partial charge in [-0.3, -0.25) is 0 Å². The van der Waals surface area contributed by atoms with Crippen LogP contribution in [0.15, 0.2) is 36.4 Å². The average molecular weight is 454 g/mol. The summed E-state index contributed by atoms with van der Waals surface area (Å²) in [6.07, 6.45) is 6.37. The third-order valence-electron chi connectivity index (χ3n) is 2.58. The topological polar surface area (TPSA) is 52.0 Å². The Labute approximate surface area is 162 Å². The van der Waals surface area contributed by atoms with Gasteiger partial charge in [0.05, 0.1) is 5.56 Å². The predicted octanol–water partition coefficient (Wildman–Crippen LogP) is 5.21. The SMILES string of the molecule is C#CCC.CCC#Cc1cc(F)ccc1N.Nc1ccc(F)cc1I. The van der Waals surface area contributed by atoms with Gasteiger partial charge >= 0.3 is 0 Å². The molecule has 2 aromatic carbocycles. The van der Waals surface area contributed by atoms with Crippen molar-refractivity contribution in [2.75, 3.05) is 11.5 Å². The van der Waals surface area contributed by atoms with Crippen molar-refractivity contribution in [1.82, 2.24) is 0 Å². The lowest BCUT2D eigenvalue weighted by molar-refractivity contribution is 0.627. The summed E-state index contributed by atoms with van der Waals surface area (Å²) in [5.74, 6) is 7.51. The third-order valence-corrected chi connectivity index (χ3v) is 3.52. The first-order valence-electron chi connectivity index (χ1n) is 7.53. The minimum atomic E-state index is -0.301. The van der Waals surface area contributed by atoms with Gasteiger partial charge in [0.2, 0.25) is 0 Å². The minimum absolute atomic E-state index is 0.242. The Morgan fingerprint density at radius 2 is 1.48 bits per heavy atom. The van der Waals surface area contributed by atoms with E-state index in [4.69, 9.17) is 17.9 Å². The molecule has 25 heavy (non-hydrogen) atoms. The van der Waals surface area contributed by atoms with E-state index in [2.05, 4.69) is 17.8 Å². The molecule has 0 aliphatic heterocycles. The highest BCUT2D eigenvalue weighted by Crippen LogP contribution is 2.14. The van der Waals surface area contributed by atoms with Crippen LogP contribution < -0.4 is 11.5 Å². The molecular weight excluding hydrogens is 433 g/mol. The quantitative estimate of drug-likeness (QED) is 0.326. The number of hydrogen-bond acceptors (Lipinski definition) is 2. The molecule has 4 N–H and O–H groups in total. The zero-order valence-corrected chi connectivity index (χ0v) is 16.4. The molecule has 2 nitrogen and oxygen atoms in total. The minimum Gasteiger partial charge on any atom is -0.398 e. The van der Waals surface area contributed by atoms with Gasteiger partial charge in [-0.25, -0.2) is 8.78 Å². The largest absolute Gasteiger partial charge is 0.398 e. The fourth-order valence-electron chi connectivity index (χ4n) is 1.32. The first-order valence-corrected chi connectivity index (χ1v) is 8.61. The monoisotopic (exact) mass is 454 g/mol. The van der Waals surface area contributed by atoms with E-state index in [1.165, 1.54) is 30.3 Å². The Kier molecular flexibility index (Phi) is 11.9. The average Bonchev–Trinajstić information content (AvgIpc) is 2.60. The normalized spacial score (nSPS) is 8.48. The maximum absolute atomic E-state index is 12.7. The van der Waals surface area contributed by atoms with Crippen LogP contribution in [0.5, 0.6) is 0 Å². The lowest BCUT2D eigenvalue weighted by Crippen LogP contribution is -1.90. The summed E-state index contributed by atoms with van der Waals surface area (Å²) in [7, 11) is 0. The molecule has 132 valence electrons. The predicted molar refractivity (Wildman–Crippen MR) is 111 cm³/mol. The van der Waals surface area contributed by atoms with Crippen LogP contribution in [0.1, 0.15) is 32.3 Å². The summed E-state index contributed by atoms with van der Waals surface area (Å²) in [6.45, 7) is 3.88. The summed E-state index contributed by atoms with van der Waals surface area (Å²) >= 11 is 1.98. The highest BCUT2D eigenvalue weighted by Gasteiger charge is 1.96. The summed E-state index contributed by atoms with van der Waals surface area (Å²) in [4.78, 5) is 0. The molecule has 0 heterocycles. The van der Waals surface area contributed by atoms with E-state index >= 15 is 0 Å². The van der Waals surface area contributed by atoms with E-state index < -0.39 is 0 Å². The molecule has 0 spiro atoms. The van der Waals surface area contributed by atoms with Crippen LogP contribution in [-0.4, -0.2) is 0 Å². The summed E-state index contributed by atoms with van der Waals surface area (Å²) in [6, 6.07) is 8.49. The fourth-order valence-corrected chi connectivity index (χ4v) is 1.80. The molecule has 0 bridgehead atoms. The van der Waals surface area contributed by atoms with Crippen molar-refractivity contribution in [3.05, 3.63) is 57.2 Å². The zero-order valence-electron chi connectivity index (χ0n) is 14.2. The summed E-state index contributed by atoms with van der Waals surface area (Å²) in [5.41, 5.74) is 12.7. The van der Waals surface area contributed by atoms with E-state index in [1.54, 1.807) is 6.07 Å². The van der Waals surface area contributed by atoms with Crippen LogP contribution in [0.2, 0.25) is 0 Å². The molecule has 0 aliphatic carbocycles. The number of benzene rings is 2. The molecule has 2 rings (SSSR count). The van der Waals surface area contributed by atoms with Crippen molar-refractivity contribution >= 4 is 34.0 Å². The lowest BCUT2D eigenvalue weighted by Gasteiger charge is -1.96. The van der Waals surface area contributed by atoms with Gasteiger partial charge in [-0.05, 0) is 59.0 Å². The van der Waals surface area contributed by atoms with Crippen molar-refractivity contribution in [3.8, 4) is 24.2 Å². The zero-order chi connectivity index (χ0) is 19.2. The second-order valence-corrected chi connectivity index (χ2v) is 5.77. The highest BCUT2D eigenvalue weighted by atomic mass is 127. The third kappa shape index (κ3) is 10.3. The van der Waals surface area contributed by atoms with Gasteiger partial charge in [0.25, 0.3) is 0 Å². The van der Waals surface area contributed by atoms with Crippen LogP contribution in [0.3, 0.4) is 0 Å². The fraction of sp³-hybridized carbons (Fsp3) is 0.200. The Morgan fingerprint density at radius 3 is 1.92 bits per heavy atom. The number of hydrogen-bond donors (Lipinski definition) is 2. The molecule has 0 unspecified atom stereocenters. The van der Waals surface area contributed by atoms with Gasteiger partial charge in [0.1, 0.15) is 11.6 Å². The van der Waals surface area contributed by atoms with Crippen molar-refractivity contribution in [3.63, 3.8) is 0 Å². The molecule has 0 aliphatic rings. The van der Waals surface area contributed by atoms with Crippen LogP contribution in [-0.2, 0) is 0 Å². The van der Waals surface area contributed by atoms with Gasteiger partial charge in [-0.1, -0.05) is 25.7 Å². The number of nitrogen functional groups attached to an aromatic ring is 2. The number of halogens is 3. The Bertz CT molecular complexity index is 771. The molecule has 0 fully saturated rings. The Balaban J connectivity index is 0.000000391. The van der Waals surface area contributed by atoms with Crippen molar-refractivity contribution < 1.29 is 8.78 Å². The van der Waals surface area contributed by atoms with Crippen LogP contribution in [0, 0.1) is 39.4 Å². The molecule has 0 atom stereocenters. The van der Waals surface area contributed by atoms with Gasteiger partial charge in [0.15, 0.2) is 0 Å². The van der Waals surface area contributed by atoms with Gasteiger partial charge in [-0.2, -0.15) is 0 Å². The molecular formula is C20H21F2IN2. The molecule has 0 amide bonds. The maximum atomic E-state index is 12.7. The van der Waals surface area contributed by atoms with Crippen LogP contribution >= 0.6 is 22.6 Å². The molecule has 0 aromatic heterocycles. The second kappa shape index (κ2) is 13.1. The summed E-state index contributed by atoms with van der Waals surface area (Å²) < 4.78 is 25.7. The van der Waals surface area contributed by atoms with Crippen LogP contribution in [0.4, 0.5) is 20.2 Å². The maximum Gasteiger partial charge on any atom is 0.124 e. The van der Waals surface area contributed by atoms with E-state index in [-0.39, 0.29) is 11.6 Å². The number of terminal acetylenes is 1. The molecule has 2 aromatic rings. The van der Waals surface area contributed by atoms with Crippen molar-refractivity contribution in [2.45, 2.75) is 26.7 Å². The number of anilines is 2. The van der Waals surface area contributed by atoms with Crippen molar-refractivity contribution in [1.29, 1.82) is 0 Å². The number of rotatable bonds is 0. The molecule has 0 radical (unpaired) electrons. The molecule has 0 saturated heterocycles. The van der Waals surface area contributed by atoms with Gasteiger partial charge < -0.3 is 11.5 Å². The Hall–Kier alpha value is -2.25. The van der Waals surface area contributed by atoms with Crippen molar-refractivity contribution in [2.24, 2.45) is 0 Å². The smallest absolute Gasteiger partial charge is 0.124 e. The van der Waals surface area contributed by atoms with Gasteiger partial charge in [-0.15, -0.1) is 12.3 Å². The molecule has 5 heteroatoms. The van der Waals surface area contributed by atoms with Gasteiger partial charge in [0, 0.05) is 27.8 Å². The van der Waals surface area contributed by atoms with E-state index in [9.17, 15) is 8.78 Å². The van der Waals surface area contributed by atoms with E-state index in [0.29, 0.717) is 16.9 Å². The first kappa shape index (κ1) is 22.8. The highest BCUT2D eigenvalue weighted by molar-refractivity contribution is 14.1. The van der Waals surface area contributed by atoms with E-state index in [0.717, 1.165) is 16.4 Å². The lowest BCUT2D eigenvalue weighted by atomic mass is 10.2. The number of nitrogens with two attached hydrogens (primary N) is 2. The second-order valence-electron chi connectivity index (χ2n) is 4.61. The standard InChI is InChI=1S/C10H10FN.C6H5FIN.C4H6/c1-2-3-4-8-7-9(11)5-6-10(8)12;7-4-1-2-6(9)5(8)3-4;1-3-4-2/h5-7H,2,12H2,1H3;1-3H,9H2;1H,4H2,2H3. The molecule has 0 saturated carbocycles. The van der Waals surface area contributed by atoms with E-state index in [1.807, 2.05) is 36.4 Å². The van der Waals surface area contributed by atoms with Crippen LogP contribution in [0.25, 0.3) is 0 Å².